The van der Waals surface area contributed by atoms with Crippen LogP contribution in [0.1, 0.15) is 27.6 Å². The fourth-order valence-electron chi connectivity index (χ4n) is 2.06. The van der Waals surface area contributed by atoms with Gasteiger partial charge < -0.3 is 9.84 Å². The van der Waals surface area contributed by atoms with Crippen LogP contribution in [0.3, 0.4) is 0 Å². The first-order valence-electron chi connectivity index (χ1n) is 6.80. The molecule has 7 heteroatoms. The Balaban J connectivity index is 1.71. The maximum Gasteiger partial charge on any atom is 0.290 e. The Morgan fingerprint density at radius 3 is 2.82 bits per heavy atom. The SMILES string of the molecule is Cc1cc(C(=O)NCc2ccnc(-n3ccnc3C)c2)on1. The van der Waals surface area contributed by atoms with Crippen LogP contribution in [0, 0.1) is 13.8 Å². The number of imidazole rings is 1. The van der Waals surface area contributed by atoms with Crippen LogP contribution in [0.15, 0.2) is 41.3 Å². The average molecular weight is 297 g/mol. The molecule has 0 radical (unpaired) electrons. The van der Waals surface area contributed by atoms with Gasteiger partial charge in [0.15, 0.2) is 0 Å². The molecule has 1 N–H and O–H groups in total. The summed E-state index contributed by atoms with van der Waals surface area (Å²) in [4.78, 5) is 20.4. The molecule has 22 heavy (non-hydrogen) atoms. The lowest BCUT2D eigenvalue weighted by atomic mass is 10.2. The van der Waals surface area contributed by atoms with Crippen molar-refractivity contribution >= 4 is 5.91 Å². The van der Waals surface area contributed by atoms with Gasteiger partial charge in [-0.1, -0.05) is 5.16 Å². The Hall–Kier alpha value is -2.96. The second-order valence-electron chi connectivity index (χ2n) is 4.88. The third-order valence-corrected chi connectivity index (χ3v) is 3.19. The summed E-state index contributed by atoms with van der Waals surface area (Å²) in [6, 6.07) is 5.35. The number of hydrogen-bond acceptors (Lipinski definition) is 5. The molecule has 0 unspecified atom stereocenters. The van der Waals surface area contributed by atoms with Crippen molar-refractivity contribution in [1.29, 1.82) is 0 Å². The van der Waals surface area contributed by atoms with E-state index in [4.69, 9.17) is 4.52 Å². The van der Waals surface area contributed by atoms with Gasteiger partial charge in [-0.2, -0.15) is 0 Å². The van der Waals surface area contributed by atoms with Crippen molar-refractivity contribution < 1.29 is 9.32 Å². The number of pyridine rings is 1. The first-order chi connectivity index (χ1) is 10.6. The summed E-state index contributed by atoms with van der Waals surface area (Å²) in [5.41, 5.74) is 1.61. The summed E-state index contributed by atoms with van der Waals surface area (Å²) < 4.78 is 6.81. The highest BCUT2D eigenvalue weighted by Crippen LogP contribution is 2.10. The zero-order valence-electron chi connectivity index (χ0n) is 12.3. The number of aryl methyl sites for hydroxylation is 2. The Bertz CT molecular complexity index is 806. The summed E-state index contributed by atoms with van der Waals surface area (Å²) >= 11 is 0. The largest absolute Gasteiger partial charge is 0.351 e. The lowest BCUT2D eigenvalue weighted by molar-refractivity contribution is 0.0914. The van der Waals surface area contributed by atoms with Crippen molar-refractivity contribution in [3.8, 4) is 5.82 Å². The minimum Gasteiger partial charge on any atom is -0.351 e. The van der Waals surface area contributed by atoms with Gasteiger partial charge in [-0.25, -0.2) is 9.97 Å². The van der Waals surface area contributed by atoms with E-state index < -0.39 is 0 Å². The third kappa shape index (κ3) is 2.88. The number of amides is 1. The van der Waals surface area contributed by atoms with Crippen LogP contribution in [0.25, 0.3) is 5.82 Å². The Kier molecular flexibility index (Phi) is 3.69. The summed E-state index contributed by atoms with van der Waals surface area (Å²) in [7, 11) is 0. The van der Waals surface area contributed by atoms with Crippen LogP contribution in [-0.4, -0.2) is 25.6 Å². The number of hydrogen-bond donors (Lipinski definition) is 1. The molecule has 0 atom stereocenters. The second-order valence-corrected chi connectivity index (χ2v) is 4.88. The van der Waals surface area contributed by atoms with Crippen molar-refractivity contribution in [2.75, 3.05) is 0 Å². The summed E-state index contributed by atoms with van der Waals surface area (Å²) in [5.74, 6) is 1.53. The van der Waals surface area contributed by atoms with E-state index >= 15 is 0 Å². The minimum atomic E-state index is -0.294. The van der Waals surface area contributed by atoms with E-state index in [-0.39, 0.29) is 11.7 Å². The highest BCUT2D eigenvalue weighted by atomic mass is 16.5. The van der Waals surface area contributed by atoms with E-state index in [0.717, 1.165) is 17.2 Å². The summed E-state index contributed by atoms with van der Waals surface area (Å²) in [5, 5.41) is 6.48. The monoisotopic (exact) mass is 297 g/mol. The normalized spacial score (nSPS) is 10.6. The number of aromatic nitrogens is 4. The average Bonchev–Trinajstić information content (AvgIpc) is 3.13. The Morgan fingerprint density at radius 2 is 2.14 bits per heavy atom. The fourth-order valence-corrected chi connectivity index (χ4v) is 2.06. The molecule has 0 aromatic carbocycles. The van der Waals surface area contributed by atoms with Crippen LogP contribution in [-0.2, 0) is 6.54 Å². The van der Waals surface area contributed by atoms with E-state index in [0.29, 0.717) is 12.2 Å². The van der Waals surface area contributed by atoms with Crippen molar-refractivity contribution in [2.24, 2.45) is 0 Å². The zero-order valence-corrected chi connectivity index (χ0v) is 12.3. The van der Waals surface area contributed by atoms with Crippen molar-refractivity contribution in [2.45, 2.75) is 20.4 Å². The molecule has 0 aliphatic rings. The molecule has 0 bridgehead atoms. The van der Waals surface area contributed by atoms with Gasteiger partial charge in [0.2, 0.25) is 5.76 Å². The molecule has 0 aliphatic heterocycles. The first kappa shape index (κ1) is 14.0. The van der Waals surface area contributed by atoms with Crippen LogP contribution in [0.2, 0.25) is 0 Å². The quantitative estimate of drug-likeness (QED) is 0.793. The molecule has 3 heterocycles. The molecule has 1 amide bonds. The zero-order chi connectivity index (χ0) is 15.5. The number of rotatable bonds is 4. The van der Waals surface area contributed by atoms with Gasteiger partial charge in [0.1, 0.15) is 11.6 Å². The molecule has 0 spiro atoms. The van der Waals surface area contributed by atoms with E-state index in [2.05, 4.69) is 20.4 Å². The second kappa shape index (κ2) is 5.80. The van der Waals surface area contributed by atoms with Gasteiger partial charge in [-0.15, -0.1) is 0 Å². The number of nitrogens with one attached hydrogen (secondary N) is 1. The van der Waals surface area contributed by atoms with Gasteiger partial charge in [-0.05, 0) is 31.5 Å². The lowest BCUT2D eigenvalue weighted by Crippen LogP contribution is -2.22. The van der Waals surface area contributed by atoms with Crippen molar-refractivity contribution in [3.63, 3.8) is 0 Å². The van der Waals surface area contributed by atoms with Crippen molar-refractivity contribution in [3.05, 3.63) is 59.6 Å². The molecular weight excluding hydrogens is 282 g/mol. The van der Waals surface area contributed by atoms with Crippen molar-refractivity contribution in [1.82, 2.24) is 25.0 Å². The molecule has 3 aromatic heterocycles. The molecule has 7 nitrogen and oxygen atoms in total. The predicted octanol–water partition coefficient (Wildman–Crippen LogP) is 1.80. The van der Waals surface area contributed by atoms with Crippen LogP contribution < -0.4 is 5.32 Å². The predicted molar refractivity (Wildman–Crippen MR) is 78.5 cm³/mol. The van der Waals surface area contributed by atoms with E-state index in [9.17, 15) is 4.79 Å². The third-order valence-electron chi connectivity index (χ3n) is 3.19. The van der Waals surface area contributed by atoms with Gasteiger partial charge in [-0.3, -0.25) is 9.36 Å². The Morgan fingerprint density at radius 1 is 1.27 bits per heavy atom. The van der Waals surface area contributed by atoms with E-state index in [1.807, 2.05) is 29.8 Å². The smallest absolute Gasteiger partial charge is 0.290 e. The molecule has 0 saturated heterocycles. The van der Waals surface area contributed by atoms with Crippen LogP contribution >= 0.6 is 0 Å². The number of carbonyl (C=O) groups excluding carboxylic acids is 1. The number of carbonyl (C=O) groups is 1. The molecule has 0 saturated carbocycles. The minimum absolute atomic E-state index is 0.206. The van der Waals surface area contributed by atoms with Gasteiger partial charge in [0.25, 0.3) is 5.91 Å². The fraction of sp³-hybridized carbons (Fsp3) is 0.200. The highest BCUT2D eigenvalue weighted by Gasteiger charge is 2.11. The molecule has 0 aliphatic carbocycles. The van der Waals surface area contributed by atoms with Gasteiger partial charge in [0.05, 0.1) is 5.69 Å². The maximum absolute atomic E-state index is 11.9. The first-order valence-corrected chi connectivity index (χ1v) is 6.80. The molecule has 3 aromatic rings. The molecule has 112 valence electrons. The lowest BCUT2D eigenvalue weighted by Gasteiger charge is -2.07. The Labute approximate surface area is 127 Å². The molecule has 3 rings (SSSR count). The molecular formula is C15H15N5O2. The van der Waals surface area contributed by atoms with E-state index in [1.54, 1.807) is 25.4 Å². The topological polar surface area (TPSA) is 85.8 Å². The summed E-state index contributed by atoms with van der Waals surface area (Å²) in [6.45, 7) is 4.05. The van der Waals surface area contributed by atoms with Crippen LogP contribution in [0.4, 0.5) is 0 Å². The maximum atomic E-state index is 11.9. The number of nitrogens with zero attached hydrogens (tertiary/aromatic N) is 4. The van der Waals surface area contributed by atoms with Gasteiger partial charge in [0, 0.05) is 31.2 Å². The summed E-state index contributed by atoms with van der Waals surface area (Å²) in [6.07, 6.45) is 5.27. The van der Waals surface area contributed by atoms with Gasteiger partial charge >= 0.3 is 0 Å². The van der Waals surface area contributed by atoms with E-state index in [1.165, 1.54) is 0 Å². The highest BCUT2D eigenvalue weighted by molar-refractivity contribution is 5.91. The van der Waals surface area contributed by atoms with Crippen LogP contribution in [0.5, 0.6) is 0 Å². The standard InChI is InChI=1S/C15H15N5O2/c1-10-7-13(22-19-10)15(21)18-9-12-3-4-17-14(8-12)20-6-5-16-11(20)2/h3-8H,9H2,1-2H3,(H,18,21). The molecule has 0 fully saturated rings.